The predicted molar refractivity (Wildman–Crippen MR) is 105 cm³/mol. The monoisotopic (exact) mass is 516 g/mol. The number of pyridine rings is 2. The van der Waals surface area contributed by atoms with Gasteiger partial charge in [-0.2, -0.15) is 0 Å². The molecule has 22 heavy (non-hydrogen) atoms. The lowest BCUT2D eigenvalue weighted by Crippen LogP contribution is -2.09. The standard InChI is InChI=1S/C16H10I2N2O2/c1-2-22-16-10-4-8(18)5-11-14(10)13-9(15(21)19-11)3-7(17)6-12(13)20-16/h3-6H,2H2,1H3,(H,19,21). The normalized spacial score (nSPS) is 11.8. The number of nitrogens with zero attached hydrogens (tertiary/aromatic N) is 1. The molecule has 0 fully saturated rings. The maximum absolute atomic E-state index is 12.4. The number of nitrogens with one attached hydrogen (secondary N) is 1. The first-order chi connectivity index (χ1) is 10.6. The topological polar surface area (TPSA) is 55.0 Å². The number of rotatable bonds is 2. The van der Waals surface area contributed by atoms with Crippen LogP contribution in [0.3, 0.4) is 0 Å². The van der Waals surface area contributed by atoms with Crippen LogP contribution in [0.15, 0.2) is 29.1 Å². The minimum Gasteiger partial charge on any atom is -0.478 e. The second-order valence-corrected chi connectivity index (χ2v) is 7.52. The van der Waals surface area contributed by atoms with E-state index in [4.69, 9.17) is 4.74 Å². The van der Waals surface area contributed by atoms with Gasteiger partial charge in [-0.05, 0) is 76.4 Å². The van der Waals surface area contributed by atoms with Gasteiger partial charge in [0.05, 0.1) is 23.0 Å². The van der Waals surface area contributed by atoms with Crippen molar-refractivity contribution in [2.24, 2.45) is 0 Å². The van der Waals surface area contributed by atoms with Crippen LogP contribution in [0, 0.1) is 7.14 Å². The van der Waals surface area contributed by atoms with Crippen LogP contribution in [0.2, 0.25) is 0 Å². The maximum Gasteiger partial charge on any atom is 0.256 e. The van der Waals surface area contributed by atoms with E-state index in [0.29, 0.717) is 17.9 Å². The summed E-state index contributed by atoms with van der Waals surface area (Å²) in [6, 6.07) is 7.93. The van der Waals surface area contributed by atoms with Crippen molar-refractivity contribution in [2.75, 3.05) is 6.61 Å². The minimum absolute atomic E-state index is 0.0784. The van der Waals surface area contributed by atoms with E-state index in [1.807, 2.05) is 25.1 Å². The van der Waals surface area contributed by atoms with Crippen molar-refractivity contribution in [1.82, 2.24) is 9.97 Å². The summed E-state index contributed by atoms with van der Waals surface area (Å²) in [5.41, 5.74) is 1.55. The van der Waals surface area contributed by atoms with Gasteiger partial charge in [-0.3, -0.25) is 4.79 Å². The molecule has 0 atom stereocenters. The molecule has 0 aliphatic carbocycles. The first-order valence-corrected chi connectivity index (χ1v) is 8.95. The Hall–Kier alpha value is -1.16. The molecule has 4 aromatic rings. The summed E-state index contributed by atoms with van der Waals surface area (Å²) in [4.78, 5) is 20.1. The molecule has 0 aliphatic rings. The second-order valence-electron chi connectivity index (χ2n) is 5.03. The summed E-state index contributed by atoms with van der Waals surface area (Å²) in [5, 5.41) is 3.55. The molecule has 2 heterocycles. The third-order valence-corrected chi connectivity index (χ3v) is 4.91. The molecule has 0 amide bonds. The Balaban J connectivity index is 2.37. The van der Waals surface area contributed by atoms with Gasteiger partial charge in [0, 0.05) is 23.3 Å². The third-order valence-electron chi connectivity index (χ3n) is 3.66. The number of H-pyrrole nitrogens is 1. The van der Waals surface area contributed by atoms with Crippen LogP contribution >= 0.6 is 45.2 Å². The summed E-state index contributed by atoms with van der Waals surface area (Å²) >= 11 is 4.45. The molecule has 110 valence electrons. The van der Waals surface area contributed by atoms with Gasteiger partial charge in [0.15, 0.2) is 0 Å². The fraction of sp³-hybridized carbons (Fsp3) is 0.125. The lowest BCUT2D eigenvalue weighted by Gasteiger charge is -2.14. The lowest BCUT2D eigenvalue weighted by molar-refractivity contribution is 0.332. The smallest absolute Gasteiger partial charge is 0.256 e. The summed E-state index contributed by atoms with van der Waals surface area (Å²) in [7, 11) is 0. The van der Waals surface area contributed by atoms with Crippen LogP contribution < -0.4 is 10.3 Å². The molecule has 0 bridgehead atoms. The molecular weight excluding hydrogens is 506 g/mol. The molecule has 0 aliphatic heterocycles. The molecule has 4 rings (SSSR count). The van der Waals surface area contributed by atoms with Crippen LogP contribution in [0.25, 0.3) is 32.6 Å². The highest BCUT2D eigenvalue weighted by atomic mass is 127. The highest BCUT2D eigenvalue weighted by Crippen LogP contribution is 2.37. The van der Waals surface area contributed by atoms with Crippen LogP contribution in [-0.4, -0.2) is 16.6 Å². The second kappa shape index (κ2) is 5.19. The van der Waals surface area contributed by atoms with Crippen molar-refractivity contribution < 1.29 is 4.74 Å². The number of aromatic amines is 1. The van der Waals surface area contributed by atoms with Gasteiger partial charge in [0.25, 0.3) is 5.56 Å². The Labute approximate surface area is 152 Å². The van der Waals surface area contributed by atoms with Crippen molar-refractivity contribution in [2.45, 2.75) is 6.92 Å². The molecule has 1 N–H and O–H groups in total. The van der Waals surface area contributed by atoms with Crippen molar-refractivity contribution in [3.63, 3.8) is 0 Å². The van der Waals surface area contributed by atoms with Crippen LogP contribution in [0.1, 0.15) is 6.92 Å². The van der Waals surface area contributed by atoms with E-state index >= 15 is 0 Å². The number of hydrogen-bond acceptors (Lipinski definition) is 3. The molecule has 0 unspecified atom stereocenters. The van der Waals surface area contributed by atoms with Gasteiger partial charge in [0.1, 0.15) is 0 Å². The Morgan fingerprint density at radius 3 is 2.59 bits per heavy atom. The fourth-order valence-corrected chi connectivity index (χ4v) is 4.10. The molecule has 6 heteroatoms. The van der Waals surface area contributed by atoms with Crippen LogP contribution in [0.5, 0.6) is 5.88 Å². The molecular formula is C16H10I2N2O2. The van der Waals surface area contributed by atoms with Gasteiger partial charge in [-0.1, -0.05) is 0 Å². The van der Waals surface area contributed by atoms with E-state index in [1.165, 1.54) is 0 Å². The van der Waals surface area contributed by atoms with E-state index in [9.17, 15) is 4.79 Å². The van der Waals surface area contributed by atoms with Crippen molar-refractivity contribution in [3.05, 3.63) is 41.8 Å². The SMILES string of the molecule is CCOc1nc2cc(I)cc3c(=O)[nH]c4cc(I)cc1c4c23. The molecule has 0 saturated carbocycles. The summed E-state index contributed by atoms with van der Waals surface area (Å²) in [6.07, 6.45) is 0. The fourth-order valence-electron chi connectivity index (χ4n) is 2.87. The summed E-state index contributed by atoms with van der Waals surface area (Å²) in [6.45, 7) is 2.50. The minimum atomic E-state index is -0.0784. The average molecular weight is 516 g/mol. The Kier molecular flexibility index (Phi) is 3.40. The number of aromatic nitrogens is 2. The van der Waals surface area contributed by atoms with Gasteiger partial charge in [0.2, 0.25) is 5.88 Å². The van der Waals surface area contributed by atoms with Gasteiger partial charge < -0.3 is 9.72 Å². The van der Waals surface area contributed by atoms with Crippen molar-refractivity contribution in [3.8, 4) is 5.88 Å². The van der Waals surface area contributed by atoms with E-state index in [2.05, 4.69) is 61.2 Å². The van der Waals surface area contributed by atoms with E-state index in [1.54, 1.807) is 0 Å². The highest BCUT2D eigenvalue weighted by molar-refractivity contribution is 14.1. The summed E-state index contributed by atoms with van der Waals surface area (Å²) in [5.74, 6) is 0.619. The van der Waals surface area contributed by atoms with E-state index in [-0.39, 0.29) is 5.56 Å². The number of halogens is 2. The van der Waals surface area contributed by atoms with Crippen LogP contribution in [0.4, 0.5) is 0 Å². The largest absolute Gasteiger partial charge is 0.478 e. The van der Waals surface area contributed by atoms with Gasteiger partial charge in [-0.25, -0.2) is 4.98 Å². The molecule has 0 saturated heterocycles. The quantitative estimate of drug-likeness (QED) is 0.320. The van der Waals surface area contributed by atoms with E-state index in [0.717, 1.165) is 34.3 Å². The number of ether oxygens (including phenoxy) is 1. The Morgan fingerprint density at radius 1 is 1.09 bits per heavy atom. The zero-order valence-corrected chi connectivity index (χ0v) is 15.9. The highest BCUT2D eigenvalue weighted by Gasteiger charge is 2.17. The van der Waals surface area contributed by atoms with Crippen LogP contribution in [-0.2, 0) is 0 Å². The predicted octanol–water partition coefficient (Wildman–Crippen LogP) is 4.28. The van der Waals surface area contributed by atoms with E-state index < -0.39 is 0 Å². The molecule has 2 aromatic carbocycles. The van der Waals surface area contributed by atoms with Crippen molar-refractivity contribution >= 4 is 77.8 Å². The molecule has 4 nitrogen and oxygen atoms in total. The average Bonchev–Trinajstić information content (AvgIpc) is 2.45. The zero-order chi connectivity index (χ0) is 15.4. The number of benzene rings is 2. The summed E-state index contributed by atoms with van der Waals surface area (Å²) < 4.78 is 7.76. The maximum atomic E-state index is 12.4. The Bertz CT molecular complexity index is 1090. The lowest BCUT2D eigenvalue weighted by atomic mass is 10.0. The molecule has 0 radical (unpaired) electrons. The van der Waals surface area contributed by atoms with Gasteiger partial charge >= 0.3 is 0 Å². The number of hydrogen-bond donors (Lipinski definition) is 1. The Morgan fingerprint density at radius 2 is 1.82 bits per heavy atom. The molecule has 0 spiro atoms. The third kappa shape index (κ3) is 2.07. The van der Waals surface area contributed by atoms with Gasteiger partial charge in [-0.15, -0.1) is 0 Å². The first kappa shape index (κ1) is 14.4. The first-order valence-electron chi connectivity index (χ1n) is 6.79. The molecule has 2 aromatic heterocycles. The van der Waals surface area contributed by atoms with Crippen molar-refractivity contribution in [1.29, 1.82) is 0 Å². The zero-order valence-electron chi connectivity index (χ0n) is 11.5.